The second kappa shape index (κ2) is 4.01. The van der Waals surface area contributed by atoms with Gasteiger partial charge in [0.1, 0.15) is 16.1 Å². The van der Waals surface area contributed by atoms with Gasteiger partial charge in [-0.3, -0.25) is 0 Å². The molecule has 0 spiro atoms. The summed E-state index contributed by atoms with van der Waals surface area (Å²) in [6.45, 7) is 7.88. The molecule has 3 heteroatoms. The summed E-state index contributed by atoms with van der Waals surface area (Å²) in [5, 5.41) is 0. The molecular weight excluding hydrogens is 182 g/mol. The van der Waals surface area contributed by atoms with Gasteiger partial charge < -0.3 is 4.55 Å². The van der Waals surface area contributed by atoms with Crippen molar-refractivity contribution in [3.8, 4) is 0 Å². The molecule has 0 heterocycles. The molecule has 1 aliphatic rings. The highest BCUT2D eigenvalue weighted by Crippen LogP contribution is 2.29. The zero-order chi connectivity index (χ0) is 10.1. The Morgan fingerprint density at radius 1 is 1.38 bits per heavy atom. The molecule has 0 saturated heterocycles. The van der Waals surface area contributed by atoms with Crippen LogP contribution in [0.2, 0.25) is 0 Å². The first kappa shape index (κ1) is 11.1. The molecule has 1 saturated carbocycles. The topological polar surface area (TPSA) is 35.4 Å². The number of hydrogen-bond acceptors (Lipinski definition) is 2. The van der Waals surface area contributed by atoms with Crippen LogP contribution in [0.15, 0.2) is 4.40 Å². The fourth-order valence-corrected chi connectivity index (χ4v) is 1.85. The van der Waals surface area contributed by atoms with Crippen LogP contribution in [-0.4, -0.2) is 15.0 Å². The van der Waals surface area contributed by atoms with Gasteiger partial charge in [-0.1, -0.05) is 10.8 Å². The lowest BCUT2D eigenvalue weighted by Gasteiger charge is -2.26. The maximum absolute atomic E-state index is 11.6. The van der Waals surface area contributed by atoms with E-state index in [1.165, 1.54) is 19.3 Å². The van der Waals surface area contributed by atoms with Gasteiger partial charge in [0.15, 0.2) is 0 Å². The highest BCUT2D eigenvalue weighted by atomic mass is 32.2. The first-order valence-corrected chi connectivity index (χ1v) is 5.99. The molecule has 0 bridgehead atoms. The van der Waals surface area contributed by atoms with Crippen LogP contribution >= 0.6 is 0 Å². The monoisotopic (exact) mass is 201 g/mol. The molecule has 2 nitrogen and oxygen atoms in total. The normalized spacial score (nSPS) is 22.7. The maximum atomic E-state index is 11.6. The van der Waals surface area contributed by atoms with Gasteiger partial charge in [0.2, 0.25) is 0 Å². The summed E-state index contributed by atoms with van der Waals surface area (Å²) in [7, 11) is 0. The van der Waals surface area contributed by atoms with E-state index in [2.05, 4.69) is 4.40 Å². The smallest absolute Gasteiger partial charge is 0.144 e. The predicted octanol–water partition coefficient (Wildman–Crippen LogP) is 2.71. The van der Waals surface area contributed by atoms with Gasteiger partial charge in [0, 0.05) is 5.92 Å². The lowest BCUT2D eigenvalue weighted by atomic mass is 9.82. The molecule has 0 aromatic heterocycles. The minimum atomic E-state index is -1.07. The molecule has 1 rings (SSSR count). The van der Waals surface area contributed by atoms with Crippen molar-refractivity contribution in [3.63, 3.8) is 0 Å². The van der Waals surface area contributed by atoms with Crippen molar-refractivity contribution in [2.75, 3.05) is 0 Å². The van der Waals surface area contributed by atoms with E-state index in [0.717, 1.165) is 5.71 Å². The molecule has 0 aromatic rings. The van der Waals surface area contributed by atoms with Crippen molar-refractivity contribution >= 4 is 17.1 Å². The number of rotatable bonds is 2. The third-order valence-corrected chi connectivity index (χ3v) is 3.95. The first-order valence-electron chi connectivity index (χ1n) is 4.88. The molecule has 1 atom stereocenters. The Morgan fingerprint density at radius 3 is 2.23 bits per heavy atom. The summed E-state index contributed by atoms with van der Waals surface area (Å²) in [4.78, 5) is 0. The van der Waals surface area contributed by atoms with E-state index in [9.17, 15) is 4.55 Å². The lowest BCUT2D eigenvalue weighted by molar-refractivity contribution is 0.412. The molecule has 0 radical (unpaired) electrons. The molecule has 1 fully saturated rings. The molecule has 0 aliphatic heterocycles. The Kier molecular flexibility index (Phi) is 3.41. The molecule has 0 amide bonds. The number of hydrogen-bond donors (Lipinski definition) is 0. The zero-order valence-electron chi connectivity index (χ0n) is 8.96. The summed E-state index contributed by atoms with van der Waals surface area (Å²) < 4.78 is 15.7. The summed E-state index contributed by atoms with van der Waals surface area (Å²) in [6.07, 6.45) is 3.77. The molecular formula is C10H19NOS. The van der Waals surface area contributed by atoms with E-state index in [1.54, 1.807) is 0 Å². The van der Waals surface area contributed by atoms with E-state index < -0.39 is 11.4 Å². The third kappa shape index (κ3) is 2.99. The molecule has 1 aliphatic carbocycles. The molecule has 76 valence electrons. The van der Waals surface area contributed by atoms with E-state index in [1.807, 2.05) is 27.7 Å². The third-order valence-electron chi connectivity index (χ3n) is 2.45. The van der Waals surface area contributed by atoms with Crippen LogP contribution in [0.3, 0.4) is 0 Å². The van der Waals surface area contributed by atoms with Gasteiger partial charge in [-0.25, -0.2) is 0 Å². The highest BCUT2D eigenvalue weighted by molar-refractivity contribution is 7.91. The van der Waals surface area contributed by atoms with E-state index in [-0.39, 0.29) is 4.75 Å². The summed E-state index contributed by atoms with van der Waals surface area (Å²) in [6, 6.07) is 0. The molecule has 1 unspecified atom stereocenters. The van der Waals surface area contributed by atoms with Crippen molar-refractivity contribution in [3.05, 3.63) is 0 Å². The quantitative estimate of drug-likeness (QED) is 0.500. The van der Waals surface area contributed by atoms with Crippen LogP contribution in [-0.2, 0) is 11.4 Å². The van der Waals surface area contributed by atoms with Crippen LogP contribution in [0.4, 0.5) is 0 Å². The van der Waals surface area contributed by atoms with Crippen molar-refractivity contribution in [1.29, 1.82) is 0 Å². The van der Waals surface area contributed by atoms with Crippen molar-refractivity contribution < 1.29 is 4.55 Å². The Bertz CT molecular complexity index is 203. The zero-order valence-corrected chi connectivity index (χ0v) is 9.78. The summed E-state index contributed by atoms with van der Waals surface area (Å²) in [5.41, 5.74) is 1.08. The van der Waals surface area contributed by atoms with E-state index in [4.69, 9.17) is 0 Å². The van der Waals surface area contributed by atoms with Crippen LogP contribution in [0.25, 0.3) is 0 Å². The van der Waals surface area contributed by atoms with Gasteiger partial charge in [0.05, 0.1) is 5.71 Å². The van der Waals surface area contributed by atoms with Gasteiger partial charge in [-0.2, -0.15) is 0 Å². The summed E-state index contributed by atoms with van der Waals surface area (Å²) in [5.74, 6) is 0.617. The van der Waals surface area contributed by atoms with Crippen LogP contribution in [0.5, 0.6) is 0 Å². The summed E-state index contributed by atoms with van der Waals surface area (Å²) >= 11 is -1.07. The minimum absolute atomic E-state index is 0.217. The maximum Gasteiger partial charge on any atom is 0.144 e. The lowest BCUT2D eigenvalue weighted by Crippen LogP contribution is -2.29. The molecule has 0 aromatic carbocycles. The Hall–Kier alpha value is -0.0200. The Labute approximate surface area is 84.1 Å². The van der Waals surface area contributed by atoms with Crippen molar-refractivity contribution in [1.82, 2.24) is 0 Å². The van der Waals surface area contributed by atoms with Crippen LogP contribution in [0, 0.1) is 5.92 Å². The second-order valence-corrected chi connectivity index (χ2v) is 6.63. The van der Waals surface area contributed by atoms with Gasteiger partial charge in [-0.05, 0) is 40.5 Å². The van der Waals surface area contributed by atoms with Crippen molar-refractivity contribution in [2.45, 2.75) is 51.7 Å². The molecule has 13 heavy (non-hydrogen) atoms. The Morgan fingerprint density at radius 2 is 1.92 bits per heavy atom. The standard InChI is InChI=1S/C10H19NOS/c1-8(9-6-5-7-9)11-13(12)10(2,3)4/h9H,5-7H2,1-4H3. The molecule has 0 N–H and O–H groups in total. The largest absolute Gasteiger partial charge is 0.591 e. The van der Waals surface area contributed by atoms with E-state index in [0.29, 0.717) is 5.92 Å². The fraction of sp³-hybridized carbons (Fsp3) is 0.900. The first-order chi connectivity index (χ1) is 5.91. The van der Waals surface area contributed by atoms with Gasteiger partial charge in [-0.15, -0.1) is 0 Å². The average molecular weight is 201 g/mol. The van der Waals surface area contributed by atoms with E-state index >= 15 is 0 Å². The fourth-order valence-electron chi connectivity index (χ4n) is 1.17. The SMILES string of the molecule is CC(=N[S+]([O-])C(C)(C)C)C1CCC1. The van der Waals surface area contributed by atoms with Gasteiger partial charge in [0.25, 0.3) is 0 Å². The minimum Gasteiger partial charge on any atom is -0.591 e. The van der Waals surface area contributed by atoms with Crippen molar-refractivity contribution in [2.24, 2.45) is 10.3 Å². The van der Waals surface area contributed by atoms with Gasteiger partial charge >= 0.3 is 0 Å². The average Bonchev–Trinajstić information content (AvgIpc) is 1.79. The van der Waals surface area contributed by atoms with Crippen LogP contribution < -0.4 is 0 Å². The number of nitrogens with zero attached hydrogens (tertiary/aromatic N) is 1. The van der Waals surface area contributed by atoms with Crippen LogP contribution in [0.1, 0.15) is 47.0 Å². The predicted molar refractivity (Wildman–Crippen MR) is 58.3 cm³/mol. The Balaban J connectivity index is 2.53. The second-order valence-electron chi connectivity index (χ2n) is 4.72. The highest BCUT2D eigenvalue weighted by Gasteiger charge is 2.29.